The summed E-state index contributed by atoms with van der Waals surface area (Å²) in [6, 6.07) is -1.57. The van der Waals surface area contributed by atoms with Gasteiger partial charge in [-0.15, -0.1) is 0 Å². The third kappa shape index (κ3) is 5.46. The molecule has 0 aromatic rings. The van der Waals surface area contributed by atoms with Gasteiger partial charge in [0.1, 0.15) is 6.04 Å². The Labute approximate surface area is 134 Å². The first-order chi connectivity index (χ1) is 10.2. The number of allylic oxidation sites excluding steroid dienone is 2. The highest BCUT2D eigenvalue weighted by molar-refractivity contribution is 6.44. The second-order valence-corrected chi connectivity index (χ2v) is 6.21. The average molecular weight is 310 g/mol. The molecular formula is C17H30N2O3. The first kappa shape index (κ1) is 20.7. The molecule has 0 rings (SSSR count). The van der Waals surface area contributed by atoms with Gasteiger partial charge in [0.15, 0.2) is 5.78 Å². The number of nitrogens with one attached hydrogen (secondary N) is 1. The fraction of sp³-hybridized carbons (Fsp3) is 0.706. The molecule has 0 saturated carbocycles. The predicted molar refractivity (Wildman–Crippen MR) is 88.8 cm³/mol. The quantitative estimate of drug-likeness (QED) is 0.376. The van der Waals surface area contributed by atoms with Crippen LogP contribution in [0.2, 0.25) is 0 Å². The second-order valence-electron chi connectivity index (χ2n) is 6.21. The smallest absolute Gasteiger partial charge is 0.224 e. The minimum atomic E-state index is -1.01. The Kier molecular flexibility index (Phi) is 9.06. The molecule has 0 bridgehead atoms. The molecule has 0 heterocycles. The molecule has 0 radical (unpaired) electrons. The zero-order valence-electron chi connectivity index (χ0n) is 14.8. The van der Waals surface area contributed by atoms with E-state index in [0.29, 0.717) is 6.42 Å². The molecule has 22 heavy (non-hydrogen) atoms. The van der Waals surface area contributed by atoms with Crippen molar-refractivity contribution >= 4 is 17.3 Å². The Morgan fingerprint density at radius 2 is 1.64 bits per heavy atom. The van der Waals surface area contributed by atoms with E-state index in [2.05, 4.69) is 5.32 Å². The van der Waals surface area contributed by atoms with E-state index in [1.807, 2.05) is 32.9 Å². The third-order valence-electron chi connectivity index (χ3n) is 3.75. The number of Topliss-reactive ketones (excluding diaryl/α,β-unsaturated/α-hetero) is 3. The van der Waals surface area contributed by atoms with E-state index < -0.39 is 23.7 Å². The number of ketones is 3. The van der Waals surface area contributed by atoms with Gasteiger partial charge >= 0.3 is 0 Å². The predicted octanol–water partition coefficient (Wildman–Crippen LogP) is 1.47. The Hall–Kier alpha value is -1.33. The molecule has 0 amide bonds. The summed E-state index contributed by atoms with van der Waals surface area (Å²) in [4.78, 5) is 39.0. The number of nitrogens with zero attached hydrogens (tertiary/aromatic N) is 1. The van der Waals surface area contributed by atoms with Crippen LogP contribution in [0, 0.1) is 11.8 Å². The minimum Gasteiger partial charge on any atom is -0.310 e. The number of hydrogen-bond acceptors (Lipinski definition) is 5. The first-order valence-corrected chi connectivity index (χ1v) is 7.75. The fourth-order valence-corrected chi connectivity index (χ4v) is 2.40. The van der Waals surface area contributed by atoms with Crippen LogP contribution in [0.15, 0.2) is 12.2 Å². The summed E-state index contributed by atoms with van der Waals surface area (Å²) in [5, 5.41) is 2.87. The molecule has 0 fully saturated rings. The average Bonchev–Trinajstić information content (AvgIpc) is 2.44. The van der Waals surface area contributed by atoms with Crippen LogP contribution in [0.25, 0.3) is 0 Å². The lowest BCUT2D eigenvalue weighted by Crippen LogP contribution is -2.53. The van der Waals surface area contributed by atoms with E-state index in [1.54, 1.807) is 28.1 Å². The molecule has 0 aliphatic rings. The number of carbonyl (C=O) groups excluding carboxylic acids is 3. The Morgan fingerprint density at radius 3 is 2.00 bits per heavy atom. The molecule has 5 nitrogen and oxygen atoms in total. The SMILES string of the molecule is C/C=C/C[C@@H](C)C(=O)C(C(=O)C(=O)[C@@H](NC)C(C)C)N(C)C. The molecule has 0 spiro atoms. The topological polar surface area (TPSA) is 66.5 Å². The van der Waals surface area contributed by atoms with E-state index in [4.69, 9.17) is 0 Å². The molecular weight excluding hydrogens is 280 g/mol. The maximum atomic E-state index is 12.5. The zero-order chi connectivity index (χ0) is 17.4. The summed E-state index contributed by atoms with van der Waals surface area (Å²) in [7, 11) is 4.96. The van der Waals surface area contributed by atoms with Crippen molar-refractivity contribution in [3.63, 3.8) is 0 Å². The van der Waals surface area contributed by atoms with Crippen LogP contribution in [0.3, 0.4) is 0 Å². The Morgan fingerprint density at radius 1 is 1.09 bits per heavy atom. The summed E-state index contributed by atoms with van der Waals surface area (Å²) in [6.45, 7) is 7.41. The minimum absolute atomic E-state index is 0.0141. The van der Waals surface area contributed by atoms with E-state index in [-0.39, 0.29) is 17.6 Å². The van der Waals surface area contributed by atoms with Gasteiger partial charge in [0, 0.05) is 5.92 Å². The third-order valence-corrected chi connectivity index (χ3v) is 3.75. The molecule has 0 aliphatic carbocycles. The maximum Gasteiger partial charge on any atom is 0.224 e. The number of hydrogen-bond donors (Lipinski definition) is 1. The largest absolute Gasteiger partial charge is 0.310 e. The Balaban J connectivity index is 5.28. The van der Waals surface area contributed by atoms with Crippen molar-refractivity contribution in [2.24, 2.45) is 11.8 Å². The maximum absolute atomic E-state index is 12.5. The first-order valence-electron chi connectivity index (χ1n) is 7.75. The lowest BCUT2D eigenvalue weighted by atomic mass is 9.88. The highest BCUT2D eigenvalue weighted by Crippen LogP contribution is 2.14. The van der Waals surface area contributed by atoms with Crippen LogP contribution in [-0.4, -0.2) is 55.5 Å². The van der Waals surface area contributed by atoms with E-state index in [0.717, 1.165) is 0 Å². The molecule has 0 aromatic carbocycles. The van der Waals surface area contributed by atoms with Gasteiger partial charge in [-0.05, 0) is 40.4 Å². The number of likely N-dealkylation sites (N-methyl/N-ethyl adjacent to an activating group) is 2. The zero-order valence-corrected chi connectivity index (χ0v) is 14.8. The highest BCUT2D eigenvalue weighted by Gasteiger charge is 2.38. The van der Waals surface area contributed by atoms with Gasteiger partial charge in [-0.2, -0.15) is 0 Å². The summed E-state index contributed by atoms with van der Waals surface area (Å²) in [6.07, 6.45) is 4.34. The van der Waals surface area contributed by atoms with Crippen LogP contribution in [0.5, 0.6) is 0 Å². The van der Waals surface area contributed by atoms with Crippen molar-refractivity contribution in [3.8, 4) is 0 Å². The second kappa shape index (κ2) is 9.64. The van der Waals surface area contributed by atoms with Crippen molar-refractivity contribution in [3.05, 3.63) is 12.2 Å². The van der Waals surface area contributed by atoms with Crippen molar-refractivity contribution < 1.29 is 14.4 Å². The van der Waals surface area contributed by atoms with Crippen LogP contribution in [0.1, 0.15) is 34.1 Å². The lowest BCUT2D eigenvalue weighted by Gasteiger charge is -2.26. The van der Waals surface area contributed by atoms with E-state index >= 15 is 0 Å². The van der Waals surface area contributed by atoms with Gasteiger partial charge in [0.05, 0.1) is 6.04 Å². The van der Waals surface area contributed by atoms with Crippen molar-refractivity contribution in [1.29, 1.82) is 0 Å². The van der Waals surface area contributed by atoms with Crippen LogP contribution < -0.4 is 5.32 Å². The van der Waals surface area contributed by atoms with Gasteiger partial charge < -0.3 is 5.32 Å². The van der Waals surface area contributed by atoms with Crippen molar-refractivity contribution in [1.82, 2.24) is 10.2 Å². The molecule has 0 aliphatic heterocycles. The van der Waals surface area contributed by atoms with Crippen LogP contribution >= 0.6 is 0 Å². The molecule has 1 unspecified atom stereocenters. The summed E-state index contributed by atoms with van der Waals surface area (Å²) >= 11 is 0. The fourth-order valence-electron chi connectivity index (χ4n) is 2.40. The summed E-state index contributed by atoms with van der Waals surface area (Å²) in [5.74, 6) is -1.68. The van der Waals surface area contributed by atoms with Gasteiger partial charge in [-0.1, -0.05) is 32.9 Å². The molecule has 5 heteroatoms. The van der Waals surface area contributed by atoms with Gasteiger partial charge in [-0.25, -0.2) is 0 Å². The summed E-state index contributed by atoms with van der Waals surface area (Å²) < 4.78 is 0. The van der Waals surface area contributed by atoms with Gasteiger partial charge in [-0.3, -0.25) is 19.3 Å². The van der Waals surface area contributed by atoms with E-state index in [1.165, 1.54) is 4.90 Å². The lowest BCUT2D eigenvalue weighted by molar-refractivity contribution is -0.145. The number of rotatable bonds is 10. The van der Waals surface area contributed by atoms with Crippen molar-refractivity contribution in [2.75, 3.05) is 21.1 Å². The molecule has 126 valence electrons. The monoisotopic (exact) mass is 310 g/mol. The van der Waals surface area contributed by atoms with Crippen LogP contribution in [0.4, 0.5) is 0 Å². The number of carbonyl (C=O) groups is 3. The Bertz CT molecular complexity index is 428. The summed E-state index contributed by atoms with van der Waals surface area (Å²) in [5.41, 5.74) is 0. The van der Waals surface area contributed by atoms with Crippen molar-refractivity contribution in [2.45, 2.75) is 46.2 Å². The highest BCUT2D eigenvalue weighted by atomic mass is 16.2. The molecule has 0 saturated heterocycles. The van der Waals surface area contributed by atoms with E-state index in [9.17, 15) is 14.4 Å². The molecule has 1 N–H and O–H groups in total. The molecule has 3 atom stereocenters. The van der Waals surface area contributed by atoms with Crippen LogP contribution in [-0.2, 0) is 14.4 Å². The molecule has 0 aromatic heterocycles. The normalized spacial score (nSPS) is 16.0. The van der Waals surface area contributed by atoms with Gasteiger partial charge in [0.25, 0.3) is 0 Å². The van der Waals surface area contributed by atoms with Gasteiger partial charge in [0.2, 0.25) is 11.6 Å². The standard InChI is InChI=1S/C17H30N2O3/c1-8-9-10-12(4)15(20)14(19(6)7)17(22)16(21)13(18-5)11(2)3/h8-9,11-14,18H,10H2,1-7H3/b9-8+/t12-,13+,14?/m1/s1.